The summed E-state index contributed by atoms with van der Waals surface area (Å²) in [5.41, 5.74) is 0.870. The Morgan fingerprint density at radius 1 is 1.44 bits per heavy atom. The fourth-order valence-electron chi connectivity index (χ4n) is 2.77. The van der Waals surface area contributed by atoms with E-state index in [1.807, 2.05) is 0 Å². The lowest BCUT2D eigenvalue weighted by Crippen LogP contribution is -2.52. The lowest BCUT2D eigenvalue weighted by atomic mass is 10.1. The molecule has 1 heterocycles. The number of methoxy groups -OCH3 is 1. The van der Waals surface area contributed by atoms with Crippen molar-refractivity contribution in [2.45, 2.75) is 26.0 Å². The summed E-state index contributed by atoms with van der Waals surface area (Å²) < 4.78 is 34.1. The molecular formula is C17H25F2N3O3. The zero-order valence-electron chi connectivity index (χ0n) is 14.6. The molecule has 1 atom stereocenters. The number of ether oxygens (including phenoxy) is 2. The maximum absolute atomic E-state index is 12.3. The number of alkyl halides is 2. The number of rotatable bonds is 8. The van der Waals surface area contributed by atoms with E-state index in [0.29, 0.717) is 25.6 Å². The molecule has 0 spiro atoms. The third-order valence-electron chi connectivity index (χ3n) is 4.17. The first kappa shape index (κ1) is 19.4. The molecule has 0 unspecified atom stereocenters. The summed E-state index contributed by atoms with van der Waals surface area (Å²) in [7, 11) is 1.40. The maximum Gasteiger partial charge on any atom is 0.387 e. The molecule has 2 N–H and O–H groups in total. The molecule has 1 aliphatic rings. The summed E-state index contributed by atoms with van der Waals surface area (Å²) >= 11 is 0. The van der Waals surface area contributed by atoms with Crippen LogP contribution in [0.5, 0.6) is 11.5 Å². The quantitative estimate of drug-likeness (QED) is 0.733. The van der Waals surface area contributed by atoms with Gasteiger partial charge in [-0.2, -0.15) is 8.78 Å². The number of nitrogens with zero attached hydrogens (tertiary/aromatic N) is 1. The largest absolute Gasteiger partial charge is 0.493 e. The molecule has 0 aliphatic carbocycles. The third kappa shape index (κ3) is 6.13. The van der Waals surface area contributed by atoms with Crippen molar-refractivity contribution < 1.29 is 23.0 Å². The Labute approximate surface area is 146 Å². The lowest BCUT2D eigenvalue weighted by Gasteiger charge is -2.33. The number of carbonyl (C=O) groups is 1. The molecule has 1 fully saturated rings. The molecule has 0 aromatic heterocycles. The van der Waals surface area contributed by atoms with Gasteiger partial charge in [0.1, 0.15) is 0 Å². The molecule has 140 valence electrons. The van der Waals surface area contributed by atoms with Gasteiger partial charge in [0.15, 0.2) is 11.5 Å². The molecule has 2 rings (SSSR count). The van der Waals surface area contributed by atoms with Gasteiger partial charge in [0.25, 0.3) is 0 Å². The van der Waals surface area contributed by atoms with Gasteiger partial charge in [-0.15, -0.1) is 0 Å². The van der Waals surface area contributed by atoms with Crippen LogP contribution in [-0.4, -0.2) is 63.3 Å². The van der Waals surface area contributed by atoms with Gasteiger partial charge in [0, 0.05) is 32.2 Å². The topological polar surface area (TPSA) is 62.8 Å². The molecule has 6 nitrogen and oxygen atoms in total. The van der Waals surface area contributed by atoms with E-state index < -0.39 is 6.61 Å². The monoisotopic (exact) mass is 357 g/mol. The van der Waals surface area contributed by atoms with Crippen LogP contribution in [0, 0.1) is 0 Å². The lowest BCUT2D eigenvalue weighted by molar-refractivity contribution is -0.122. The first-order valence-corrected chi connectivity index (χ1v) is 8.32. The summed E-state index contributed by atoms with van der Waals surface area (Å²) in [5.74, 6) is 0.232. The predicted molar refractivity (Wildman–Crippen MR) is 90.2 cm³/mol. The number of amides is 1. The highest BCUT2D eigenvalue weighted by Gasteiger charge is 2.20. The van der Waals surface area contributed by atoms with E-state index in [0.717, 1.165) is 25.2 Å². The number of nitrogens with one attached hydrogen (secondary N) is 2. The van der Waals surface area contributed by atoms with Crippen LogP contribution in [0.3, 0.4) is 0 Å². The molecule has 1 saturated heterocycles. The van der Waals surface area contributed by atoms with Crippen LogP contribution in [0.25, 0.3) is 0 Å². The minimum atomic E-state index is -2.90. The minimum absolute atomic E-state index is 0.00187. The standard InChI is InChI=1S/C17H25F2N3O3/c1-12-10-20-7-8-22(12)11-16(23)21-6-5-13-3-4-14(25-17(18)19)15(9-13)24-2/h3-4,9,12,17,20H,5-8,10-11H2,1-2H3,(H,21,23)/t12-/m1/s1. The van der Waals surface area contributed by atoms with Crippen LogP contribution in [0.15, 0.2) is 18.2 Å². The number of hydrogen-bond donors (Lipinski definition) is 2. The fraction of sp³-hybridized carbons (Fsp3) is 0.588. The Bertz CT molecular complexity index is 572. The summed E-state index contributed by atoms with van der Waals surface area (Å²) in [6, 6.07) is 5.11. The van der Waals surface area contributed by atoms with E-state index in [-0.39, 0.29) is 17.4 Å². The van der Waals surface area contributed by atoms with Crippen molar-refractivity contribution in [1.29, 1.82) is 0 Å². The van der Waals surface area contributed by atoms with Crippen molar-refractivity contribution in [2.75, 3.05) is 39.8 Å². The van der Waals surface area contributed by atoms with Crippen molar-refractivity contribution in [3.05, 3.63) is 23.8 Å². The van der Waals surface area contributed by atoms with Crippen molar-refractivity contribution in [2.24, 2.45) is 0 Å². The smallest absolute Gasteiger partial charge is 0.387 e. The van der Waals surface area contributed by atoms with Crippen molar-refractivity contribution in [3.8, 4) is 11.5 Å². The second kappa shape index (κ2) is 9.53. The number of carbonyl (C=O) groups excluding carboxylic acids is 1. The highest BCUT2D eigenvalue weighted by molar-refractivity contribution is 5.78. The van der Waals surface area contributed by atoms with Gasteiger partial charge in [-0.25, -0.2) is 0 Å². The SMILES string of the molecule is COc1cc(CCNC(=O)CN2CCNC[C@H]2C)ccc1OC(F)F. The van der Waals surface area contributed by atoms with Crippen molar-refractivity contribution >= 4 is 5.91 Å². The van der Waals surface area contributed by atoms with Gasteiger partial charge < -0.3 is 20.1 Å². The zero-order chi connectivity index (χ0) is 18.2. The zero-order valence-corrected chi connectivity index (χ0v) is 14.6. The average molecular weight is 357 g/mol. The molecule has 0 radical (unpaired) electrons. The Balaban J connectivity index is 1.79. The van der Waals surface area contributed by atoms with Gasteiger partial charge in [-0.05, 0) is 31.0 Å². The van der Waals surface area contributed by atoms with Crippen LogP contribution in [0.2, 0.25) is 0 Å². The summed E-state index contributed by atoms with van der Waals surface area (Å²) in [5, 5.41) is 6.18. The van der Waals surface area contributed by atoms with Crippen LogP contribution < -0.4 is 20.1 Å². The predicted octanol–water partition coefficient (Wildman–Crippen LogP) is 1.25. The molecule has 0 bridgehead atoms. The Kier molecular flexibility index (Phi) is 7.39. The number of hydrogen-bond acceptors (Lipinski definition) is 5. The molecule has 1 aromatic rings. The van der Waals surface area contributed by atoms with Gasteiger partial charge in [-0.1, -0.05) is 6.07 Å². The fourth-order valence-corrected chi connectivity index (χ4v) is 2.77. The van der Waals surface area contributed by atoms with Crippen molar-refractivity contribution in [3.63, 3.8) is 0 Å². The minimum Gasteiger partial charge on any atom is -0.493 e. The van der Waals surface area contributed by atoms with E-state index >= 15 is 0 Å². The second-order valence-electron chi connectivity index (χ2n) is 5.99. The molecule has 25 heavy (non-hydrogen) atoms. The highest BCUT2D eigenvalue weighted by Crippen LogP contribution is 2.29. The van der Waals surface area contributed by atoms with E-state index in [4.69, 9.17) is 4.74 Å². The molecule has 1 aromatic carbocycles. The summed E-state index contributed by atoms with van der Waals surface area (Å²) in [4.78, 5) is 14.2. The maximum atomic E-state index is 12.3. The first-order valence-electron chi connectivity index (χ1n) is 8.32. The molecule has 0 saturated carbocycles. The Morgan fingerprint density at radius 3 is 2.92 bits per heavy atom. The second-order valence-corrected chi connectivity index (χ2v) is 5.99. The van der Waals surface area contributed by atoms with Crippen LogP contribution in [0.4, 0.5) is 8.78 Å². The molecule has 1 aliphatic heterocycles. The normalized spacial score (nSPS) is 18.2. The Hall–Kier alpha value is -1.93. The molecular weight excluding hydrogens is 332 g/mol. The van der Waals surface area contributed by atoms with Gasteiger partial charge in [-0.3, -0.25) is 9.69 Å². The van der Waals surface area contributed by atoms with Crippen LogP contribution >= 0.6 is 0 Å². The summed E-state index contributed by atoms with van der Waals surface area (Å²) in [6.07, 6.45) is 0.578. The molecule has 1 amide bonds. The Morgan fingerprint density at radius 2 is 2.24 bits per heavy atom. The van der Waals surface area contributed by atoms with E-state index in [1.54, 1.807) is 12.1 Å². The molecule has 8 heteroatoms. The van der Waals surface area contributed by atoms with Crippen molar-refractivity contribution in [1.82, 2.24) is 15.5 Å². The van der Waals surface area contributed by atoms with E-state index in [2.05, 4.69) is 27.2 Å². The first-order chi connectivity index (χ1) is 12.0. The third-order valence-corrected chi connectivity index (χ3v) is 4.17. The number of piperazine rings is 1. The highest BCUT2D eigenvalue weighted by atomic mass is 19.3. The number of benzene rings is 1. The van der Waals surface area contributed by atoms with Gasteiger partial charge in [0.2, 0.25) is 5.91 Å². The van der Waals surface area contributed by atoms with Crippen LogP contribution in [-0.2, 0) is 11.2 Å². The van der Waals surface area contributed by atoms with Gasteiger partial charge in [0.05, 0.1) is 13.7 Å². The average Bonchev–Trinajstić information content (AvgIpc) is 2.57. The van der Waals surface area contributed by atoms with E-state index in [1.165, 1.54) is 13.2 Å². The van der Waals surface area contributed by atoms with E-state index in [9.17, 15) is 13.6 Å². The number of halogens is 2. The van der Waals surface area contributed by atoms with Crippen LogP contribution in [0.1, 0.15) is 12.5 Å². The summed E-state index contributed by atoms with van der Waals surface area (Å²) in [6.45, 7) is 2.69. The van der Waals surface area contributed by atoms with Gasteiger partial charge >= 0.3 is 6.61 Å².